The van der Waals surface area contributed by atoms with E-state index in [1.54, 1.807) is 0 Å². The van der Waals surface area contributed by atoms with Crippen LogP contribution < -0.4 is 5.32 Å². The predicted molar refractivity (Wildman–Crippen MR) is 128 cm³/mol. The molecular formula is C24H22IN3O2. The molecule has 0 fully saturated rings. The Morgan fingerprint density at radius 2 is 1.83 bits per heavy atom. The molecule has 4 aromatic rings. The average molecular weight is 511 g/mol. The van der Waals surface area contributed by atoms with E-state index in [4.69, 9.17) is 9.72 Å². The maximum Gasteiger partial charge on any atom is 0.334 e. The normalized spacial score (nSPS) is 12.0. The van der Waals surface area contributed by atoms with Gasteiger partial charge in [-0.2, -0.15) is 0 Å². The Morgan fingerprint density at radius 3 is 2.53 bits per heavy atom. The zero-order valence-corrected chi connectivity index (χ0v) is 19.0. The van der Waals surface area contributed by atoms with E-state index < -0.39 is 6.04 Å². The average Bonchev–Trinajstić information content (AvgIpc) is 3.12. The summed E-state index contributed by atoms with van der Waals surface area (Å²) in [7, 11) is 0. The van der Waals surface area contributed by atoms with Crippen molar-refractivity contribution in [3.8, 4) is 11.3 Å². The van der Waals surface area contributed by atoms with Crippen molar-refractivity contribution < 1.29 is 9.53 Å². The van der Waals surface area contributed by atoms with Crippen LogP contribution >= 0.6 is 22.6 Å². The molecule has 0 saturated carbocycles. The number of nitrogens with zero attached hydrogens (tertiary/aromatic N) is 2. The lowest BCUT2D eigenvalue weighted by molar-refractivity contribution is -0.144. The number of anilines is 1. The summed E-state index contributed by atoms with van der Waals surface area (Å²) in [6, 6.07) is 21.1. The molecule has 0 amide bonds. The molecular weight excluding hydrogens is 489 g/mol. The number of nitrogens with one attached hydrogen (secondary N) is 1. The molecule has 1 atom stereocenters. The highest BCUT2D eigenvalue weighted by atomic mass is 127. The van der Waals surface area contributed by atoms with Crippen LogP contribution in [0.4, 0.5) is 5.69 Å². The third kappa shape index (κ3) is 4.18. The van der Waals surface area contributed by atoms with E-state index in [0.717, 1.165) is 37.4 Å². The number of rotatable bonds is 6. The number of benzene rings is 2. The number of carbonyl (C=O) groups is 1. The van der Waals surface area contributed by atoms with Crippen LogP contribution in [0.3, 0.4) is 0 Å². The standard InChI is InChI=1S/C24H22IN3O2/c1-3-30-24(29)22(26-19-12-9-16(2)10-13-19)23-21(17-7-5-4-6-8-17)27-20-14-11-18(25)15-28(20)23/h4-15,22,26H,3H2,1-2H3. The summed E-state index contributed by atoms with van der Waals surface area (Å²) >= 11 is 2.27. The van der Waals surface area contributed by atoms with Crippen molar-refractivity contribution in [2.75, 3.05) is 11.9 Å². The Kier molecular flexibility index (Phi) is 6.03. The third-order valence-corrected chi connectivity index (χ3v) is 5.46. The molecule has 30 heavy (non-hydrogen) atoms. The maximum atomic E-state index is 13.1. The highest BCUT2D eigenvalue weighted by molar-refractivity contribution is 14.1. The van der Waals surface area contributed by atoms with Crippen molar-refractivity contribution in [3.63, 3.8) is 0 Å². The number of hydrogen-bond donors (Lipinski definition) is 1. The first-order valence-corrected chi connectivity index (χ1v) is 10.9. The monoisotopic (exact) mass is 511 g/mol. The highest BCUT2D eigenvalue weighted by Gasteiger charge is 2.30. The summed E-state index contributed by atoms with van der Waals surface area (Å²) in [5, 5.41) is 3.38. The van der Waals surface area contributed by atoms with E-state index in [-0.39, 0.29) is 5.97 Å². The number of fused-ring (bicyclic) bond motifs is 1. The fourth-order valence-electron chi connectivity index (χ4n) is 3.40. The zero-order valence-electron chi connectivity index (χ0n) is 16.8. The van der Waals surface area contributed by atoms with E-state index in [2.05, 4.69) is 27.9 Å². The number of imidazole rings is 1. The van der Waals surface area contributed by atoms with Gasteiger partial charge in [-0.1, -0.05) is 48.0 Å². The fraction of sp³-hybridized carbons (Fsp3) is 0.167. The van der Waals surface area contributed by atoms with Crippen LogP contribution in [-0.2, 0) is 9.53 Å². The Labute approximate surface area is 189 Å². The minimum absolute atomic E-state index is 0.305. The molecule has 0 aliphatic rings. The van der Waals surface area contributed by atoms with Crippen molar-refractivity contribution in [2.24, 2.45) is 0 Å². The predicted octanol–water partition coefficient (Wildman–Crippen LogP) is 5.63. The number of hydrogen-bond acceptors (Lipinski definition) is 4. The molecule has 2 aromatic heterocycles. The summed E-state index contributed by atoms with van der Waals surface area (Å²) in [5.74, 6) is -0.337. The van der Waals surface area contributed by atoms with Gasteiger partial charge in [0.25, 0.3) is 0 Å². The van der Waals surface area contributed by atoms with Crippen LogP contribution in [0.5, 0.6) is 0 Å². The summed E-state index contributed by atoms with van der Waals surface area (Å²) in [4.78, 5) is 18.0. The molecule has 6 heteroatoms. The molecule has 0 spiro atoms. The summed E-state index contributed by atoms with van der Waals surface area (Å²) in [6.45, 7) is 4.16. The molecule has 0 aliphatic carbocycles. The van der Waals surface area contributed by atoms with Crippen LogP contribution in [0.2, 0.25) is 0 Å². The summed E-state index contributed by atoms with van der Waals surface area (Å²) in [6.07, 6.45) is 1.99. The van der Waals surface area contributed by atoms with E-state index in [1.807, 2.05) is 91.2 Å². The van der Waals surface area contributed by atoms with Gasteiger partial charge in [0.1, 0.15) is 5.65 Å². The Hall–Kier alpha value is -2.87. The van der Waals surface area contributed by atoms with Gasteiger partial charge < -0.3 is 10.1 Å². The van der Waals surface area contributed by atoms with Crippen LogP contribution in [0, 0.1) is 10.5 Å². The van der Waals surface area contributed by atoms with Gasteiger partial charge in [-0.15, -0.1) is 0 Å². The Balaban J connectivity index is 1.91. The maximum absolute atomic E-state index is 13.1. The lowest BCUT2D eigenvalue weighted by atomic mass is 10.0. The number of pyridine rings is 1. The van der Waals surface area contributed by atoms with Crippen LogP contribution in [0.15, 0.2) is 72.9 Å². The first-order chi connectivity index (χ1) is 14.6. The number of esters is 1. The van der Waals surface area contributed by atoms with E-state index in [9.17, 15) is 4.79 Å². The molecule has 0 aliphatic heterocycles. The molecule has 2 aromatic carbocycles. The molecule has 1 N–H and O–H groups in total. The quantitative estimate of drug-likeness (QED) is 0.269. The van der Waals surface area contributed by atoms with Gasteiger partial charge in [0.05, 0.1) is 18.0 Å². The molecule has 2 heterocycles. The first-order valence-electron chi connectivity index (χ1n) is 9.79. The van der Waals surface area contributed by atoms with Crippen molar-refractivity contribution in [1.82, 2.24) is 9.38 Å². The smallest absolute Gasteiger partial charge is 0.334 e. The lowest BCUT2D eigenvalue weighted by Crippen LogP contribution is -2.25. The van der Waals surface area contributed by atoms with E-state index in [1.165, 1.54) is 0 Å². The van der Waals surface area contributed by atoms with Gasteiger partial charge in [0, 0.05) is 21.0 Å². The van der Waals surface area contributed by atoms with E-state index in [0.29, 0.717) is 6.61 Å². The van der Waals surface area contributed by atoms with Gasteiger partial charge in [0.15, 0.2) is 6.04 Å². The number of aryl methyl sites for hydroxylation is 1. The fourth-order valence-corrected chi connectivity index (χ4v) is 3.86. The molecule has 1 unspecified atom stereocenters. The lowest BCUT2D eigenvalue weighted by Gasteiger charge is -2.20. The second kappa shape index (κ2) is 8.87. The van der Waals surface area contributed by atoms with Gasteiger partial charge >= 0.3 is 5.97 Å². The Morgan fingerprint density at radius 1 is 1.10 bits per heavy atom. The second-order valence-corrected chi connectivity index (χ2v) is 8.23. The Bertz CT molecular complexity index is 1170. The second-order valence-electron chi connectivity index (χ2n) is 6.98. The van der Waals surface area contributed by atoms with Crippen molar-refractivity contribution >= 4 is 39.9 Å². The molecule has 4 rings (SSSR count). The minimum atomic E-state index is -0.712. The zero-order chi connectivity index (χ0) is 21.1. The molecule has 5 nitrogen and oxygen atoms in total. The van der Waals surface area contributed by atoms with E-state index >= 15 is 0 Å². The van der Waals surface area contributed by atoms with Gasteiger partial charge in [-0.3, -0.25) is 4.40 Å². The van der Waals surface area contributed by atoms with Crippen LogP contribution in [-0.4, -0.2) is 22.0 Å². The largest absolute Gasteiger partial charge is 0.464 e. The topological polar surface area (TPSA) is 55.6 Å². The van der Waals surface area contributed by atoms with Crippen LogP contribution in [0.25, 0.3) is 16.9 Å². The highest BCUT2D eigenvalue weighted by Crippen LogP contribution is 2.32. The number of aromatic nitrogens is 2. The van der Waals surface area contributed by atoms with Gasteiger partial charge in [0.2, 0.25) is 0 Å². The minimum Gasteiger partial charge on any atom is -0.464 e. The first kappa shape index (κ1) is 20.4. The molecule has 152 valence electrons. The summed E-state index contributed by atoms with van der Waals surface area (Å²) < 4.78 is 8.48. The van der Waals surface area contributed by atoms with Crippen molar-refractivity contribution in [3.05, 3.63) is 87.8 Å². The number of halogens is 1. The third-order valence-electron chi connectivity index (χ3n) is 4.82. The molecule has 0 saturated heterocycles. The molecule has 0 radical (unpaired) electrons. The van der Waals surface area contributed by atoms with Crippen LogP contribution in [0.1, 0.15) is 24.2 Å². The summed E-state index contributed by atoms with van der Waals surface area (Å²) in [5.41, 5.74) is 5.25. The number of ether oxygens (including phenoxy) is 1. The van der Waals surface area contributed by atoms with Crippen molar-refractivity contribution in [2.45, 2.75) is 19.9 Å². The SMILES string of the molecule is CCOC(=O)C(Nc1ccc(C)cc1)c1c(-c2ccccc2)nc2ccc(I)cn12. The molecule has 0 bridgehead atoms. The number of carbonyl (C=O) groups excluding carboxylic acids is 1. The van der Waals surface area contributed by atoms with Gasteiger partial charge in [-0.05, 0) is 60.7 Å². The van der Waals surface area contributed by atoms with Crippen molar-refractivity contribution in [1.29, 1.82) is 0 Å². The van der Waals surface area contributed by atoms with Gasteiger partial charge in [-0.25, -0.2) is 9.78 Å².